The predicted octanol–water partition coefficient (Wildman–Crippen LogP) is 11.1. The van der Waals surface area contributed by atoms with Gasteiger partial charge in [0.25, 0.3) is 0 Å². The summed E-state index contributed by atoms with van der Waals surface area (Å²) in [5.74, 6) is -2.38. The average molecular weight is 788 g/mol. The van der Waals surface area contributed by atoms with Crippen molar-refractivity contribution in [3.8, 4) is 0 Å². The first-order valence-corrected chi connectivity index (χ1v) is 22.9. The topological polar surface area (TPSA) is 172 Å². The van der Waals surface area contributed by atoms with E-state index in [2.05, 4.69) is 42.7 Å². The molecule has 0 saturated carbocycles. The molecule has 0 rings (SSSR count). The molecule has 0 spiro atoms. The Bertz CT molecular complexity index is 1020. The fourth-order valence-corrected chi connectivity index (χ4v) is 6.54. The molecule has 0 aliphatic rings. The fourth-order valence-electron chi connectivity index (χ4n) is 5.76. The molecule has 0 aliphatic heterocycles. The smallest absolute Gasteiger partial charge is 0.472 e. The molecule has 0 aromatic carbocycles. The fraction of sp³-hybridized carbons (Fsp3) is 0.833. The second kappa shape index (κ2) is 37.9. The largest absolute Gasteiger partial charge is 0.480 e. The van der Waals surface area contributed by atoms with E-state index in [9.17, 15) is 23.8 Å². The van der Waals surface area contributed by atoms with Crippen molar-refractivity contribution in [1.29, 1.82) is 0 Å². The van der Waals surface area contributed by atoms with Gasteiger partial charge in [0.05, 0.1) is 13.2 Å². The van der Waals surface area contributed by atoms with Crippen LogP contribution in [0, 0.1) is 0 Å². The summed E-state index contributed by atoms with van der Waals surface area (Å²) in [7, 11) is -4.71. The highest BCUT2D eigenvalue weighted by atomic mass is 31.2. The number of phosphoric ester groups is 1. The lowest BCUT2D eigenvalue weighted by molar-refractivity contribution is -0.161. The normalized spacial score (nSPS) is 14.0. The number of unbranched alkanes of at least 4 members (excludes halogenated alkanes) is 22. The number of rotatable bonds is 40. The van der Waals surface area contributed by atoms with Crippen LogP contribution >= 0.6 is 7.82 Å². The Balaban J connectivity index is 4.38. The molecular formula is C42H78NO10P. The molecule has 0 fully saturated rings. The molecule has 54 heavy (non-hydrogen) atoms. The van der Waals surface area contributed by atoms with Gasteiger partial charge in [0.2, 0.25) is 0 Å². The number of hydrogen-bond donors (Lipinski definition) is 3. The van der Waals surface area contributed by atoms with Gasteiger partial charge in [0, 0.05) is 12.8 Å². The van der Waals surface area contributed by atoms with Gasteiger partial charge in [0.15, 0.2) is 6.10 Å². The zero-order chi connectivity index (χ0) is 40.0. The van der Waals surface area contributed by atoms with Crippen molar-refractivity contribution in [3.63, 3.8) is 0 Å². The van der Waals surface area contributed by atoms with E-state index in [1.165, 1.54) is 96.3 Å². The molecule has 0 radical (unpaired) electrons. The SMILES string of the molecule is CCCCCC/C=C/CCCCCCCCCC(=O)OC[C@H](COP(=O)(O)OC[C@H](N)C(=O)O)OC(=O)CCCCCCCCC/C=C/CCCCCC. The Kier molecular flexibility index (Phi) is 36.4. The van der Waals surface area contributed by atoms with E-state index >= 15 is 0 Å². The molecule has 1 unspecified atom stereocenters. The summed E-state index contributed by atoms with van der Waals surface area (Å²) in [6, 6.07) is -1.52. The first-order valence-electron chi connectivity index (χ1n) is 21.4. The van der Waals surface area contributed by atoms with Crippen molar-refractivity contribution in [3.05, 3.63) is 24.3 Å². The third-order valence-electron chi connectivity index (χ3n) is 9.17. The van der Waals surface area contributed by atoms with Crippen LogP contribution in [0.4, 0.5) is 0 Å². The molecular weight excluding hydrogens is 709 g/mol. The molecule has 0 saturated heterocycles. The van der Waals surface area contributed by atoms with Gasteiger partial charge in [-0.3, -0.25) is 23.4 Å². The van der Waals surface area contributed by atoms with E-state index in [1.54, 1.807) is 0 Å². The van der Waals surface area contributed by atoms with Crippen molar-refractivity contribution in [2.24, 2.45) is 5.73 Å². The highest BCUT2D eigenvalue weighted by molar-refractivity contribution is 7.47. The molecule has 0 amide bonds. The second-order valence-corrected chi connectivity index (χ2v) is 15.9. The monoisotopic (exact) mass is 788 g/mol. The molecule has 0 bridgehead atoms. The quantitative estimate of drug-likeness (QED) is 0.0233. The number of aliphatic carboxylic acids is 1. The van der Waals surface area contributed by atoms with Crippen LogP contribution in [0.5, 0.6) is 0 Å². The zero-order valence-corrected chi connectivity index (χ0v) is 35.0. The maximum atomic E-state index is 12.6. The van der Waals surface area contributed by atoms with Gasteiger partial charge >= 0.3 is 25.7 Å². The van der Waals surface area contributed by atoms with Crippen LogP contribution in [-0.4, -0.2) is 59.9 Å². The van der Waals surface area contributed by atoms with Crippen LogP contribution in [0.3, 0.4) is 0 Å². The number of esters is 2. The first kappa shape index (κ1) is 52.0. The summed E-state index contributed by atoms with van der Waals surface area (Å²) in [6.45, 7) is 2.77. The van der Waals surface area contributed by atoms with Gasteiger partial charge in [-0.2, -0.15) is 0 Å². The Labute approximate surface area is 328 Å². The lowest BCUT2D eigenvalue weighted by Gasteiger charge is -2.20. The highest BCUT2D eigenvalue weighted by Gasteiger charge is 2.28. The van der Waals surface area contributed by atoms with E-state index < -0.39 is 51.1 Å². The summed E-state index contributed by atoms with van der Waals surface area (Å²) in [5.41, 5.74) is 5.33. The van der Waals surface area contributed by atoms with Gasteiger partial charge < -0.3 is 25.2 Å². The standard InChI is InChI=1S/C42H78NO10P/c1-3-5-7-9-11-13-15-17-19-21-23-25-27-29-31-33-40(44)50-35-38(36-51-54(48,49)52-37-39(43)42(46)47)53-41(45)34-32-30-28-26-24-22-20-18-16-14-12-10-8-6-4-2/h13-16,38-39H,3-12,17-37,43H2,1-2H3,(H,46,47)(H,48,49)/b15-13+,16-14+/t38-,39+/m1/s1. The predicted molar refractivity (Wildman–Crippen MR) is 217 cm³/mol. The second-order valence-electron chi connectivity index (χ2n) is 14.5. The first-order chi connectivity index (χ1) is 26.1. The van der Waals surface area contributed by atoms with Crippen molar-refractivity contribution in [2.45, 2.75) is 206 Å². The molecule has 0 heterocycles. The Morgan fingerprint density at radius 1 is 0.556 bits per heavy atom. The molecule has 316 valence electrons. The number of carboxylic acid groups (broad SMARTS) is 1. The van der Waals surface area contributed by atoms with Gasteiger partial charge in [-0.05, 0) is 64.2 Å². The molecule has 0 aliphatic carbocycles. The lowest BCUT2D eigenvalue weighted by atomic mass is 10.1. The number of carbonyl (C=O) groups excluding carboxylic acids is 2. The van der Waals surface area contributed by atoms with Gasteiger partial charge in [-0.25, -0.2) is 4.57 Å². The average Bonchev–Trinajstić information content (AvgIpc) is 3.14. The van der Waals surface area contributed by atoms with Crippen LogP contribution < -0.4 is 5.73 Å². The Morgan fingerprint density at radius 3 is 1.35 bits per heavy atom. The van der Waals surface area contributed by atoms with Crippen LogP contribution in [0.2, 0.25) is 0 Å². The van der Waals surface area contributed by atoms with Crippen LogP contribution in [0.15, 0.2) is 24.3 Å². The Hall–Kier alpha value is -2.04. The van der Waals surface area contributed by atoms with Crippen molar-refractivity contribution in [2.75, 3.05) is 19.8 Å². The third-order valence-corrected chi connectivity index (χ3v) is 10.1. The molecule has 0 aromatic rings. The summed E-state index contributed by atoms with van der Waals surface area (Å²) in [4.78, 5) is 45.9. The maximum Gasteiger partial charge on any atom is 0.472 e. The van der Waals surface area contributed by atoms with Crippen LogP contribution in [-0.2, 0) is 37.5 Å². The van der Waals surface area contributed by atoms with Crippen molar-refractivity contribution in [1.82, 2.24) is 0 Å². The zero-order valence-electron chi connectivity index (χ0n) is 34.1. The van der Waals surface area contributed by atoms with E-state index in [0.29, 0.717) is 12.8 Å². The Morgan fingerprint density at radius 2 is 0.926 bits per heavy atom. The molecule has 0 aromatic heterocycles. The number of carbonyl (C=O) groups is 3. The van der Waals surface area contributed by atoms with Crippen molar-refractivity contribution < 1.29 is 47.5 Å². The van der Waals surface area contributed by atoms with E-state index in [-0.39, 0.29) is 19.4 Å². The van der Waals surface area contributed by atoms with E-state index in [0.717, 1.165) is 57.8 Å². The van der Waals surface area contributed by atoms with E-state index in [4.69, 9.17) is 24.8 Å². The number of allylic oxidation sites excluding steroid dienone is 4. The summed E-state index contributed by atoms with van der Waals surface area (Å²) < 4.78 is 32.7. The minimum Gasteiger partial charge on any atom is -0.480 e. The van der Waals surface area contributed by atoms with Gasteiger partial charge in [-0.15, -0.1) is 0 Å². The van der Waals surface area contributed by atoms with Crippen LogP contribution in [0.25, 0.3) is 0 Å². The van der Waals surface area contributed by atoms with Gasteiger partial charge in [-0.1, -0.05) is 141 Å². The summed E-state index contributed by atoms with van der Waals surface area (Å²) in [6.07, 6.45) is 38.1. The number of hydrogen-bond acceptors (Lipinski definition) is 9. The summed E-state index contributed by atoms with van der Waals surface area (Å²) in [5, 5.41) is 8.88. The van der Waals surface area contributed by atoms with Crippen molar-refractivity contribution >= 4 is 25.7 Å². The molecule has 12 heteroatoms. The van der Waals surface area contributed by atoms with Crippen LogP contribution in [0.1, 0.15) is 194 Å². The number of ether oxygens (including phenoxy) is 2. The lowest BCUT2D eigenvalue weighted by Crippen LogP contribution is -2.34. The van der Waals surface area contributed by atoms with E-state index in [1.807, 2.05) is 0 Å². The summed E-state index contributed by atoms with van der Waals surface area (Å²) >= 11 is 0. The molecule has 4 N–H and O–H groups in total. The third kappa shape index (κ3) is 36.9. The molecule has 3 atom stereocenters. The minimum absolute atomic E-state index is 0.157. The maximum absolute atomic E-state index is 12.6. The minimum atomic E-state index is -4.71. The number of nitrogens with two attached hydrogens (primary N) is 1. The number of phosphoric acid groups is 1. The van der Waals surface area contributed by atoms with Gasteiger partial charge in [0.1, 0.15) is 12.6 Å². The number of carboxylic acids is 1. The highest BCUT2D eigenvalue weighted by Crippen LogP contribution is 2.43. The molecule has 11 nitrogen and oxygen atoms in total.